The van der Waals surface area contributed by atoms with Crippen molar-refractivity contribution >= 4 is 37.3 Å². The Morgan fingerprint density at radius 3 is 2.03 bits per heavy atom. The molecule has 0 bridgehead atoms. The maximum Gasteiger partial charge on any atom is 0.261 e. The lowest BCUT2D eigenvalue weighted by molar-refractivity contribution is -0.120. The number of rotatable bonds is 9. The molecule has 1 aliphatic rings. The van der Waals surface area contributed by atoms with E-state index in [2.05, 4.69) is 10.0 Å². The summed E-state index contributed by atoms with van der Waals surface area (Å²) in [5.74, 6) is 0.00307. The third-order valence-corrected chi connectivity index (χ3v) is 9.71. The van der Waals surface area contributed by atoms with Gasteiger partial charge in [0.05, 0.1) is 17.8 Å². The van der Waals surface area contributed by atoms with E-state index in [9.17, 15) is 21.6 Å². The third-order valence-electron chi connectivity index (χ3n) is 6.46. The van der Waals surface area contributed by atoms with Gasteiger partial charge in [-0.25, -0.2) is 21.1 Å². The normalized spacial score (nSPS) is 15.1. The van der Waals surface area contributed by atoms with Gasteiger partial charge >= 0.3 is 0 Å². The second-order valence-electron chi connectivity index (χ2n) is 9.26. The fourth-order valence-electron chi connectivity index (χ4n) is 4.22. The molecule has 0 aliphatic carbocycles. The molecule has 1 aliphatic heterocycles. The summed E-state index contributed by atoms with van der Waals surface area (Å²) in [5.41, 5.74) is 2.67. The smallest absolute Gasteiger partial charge is 0.261 e. The van der Waals surface area contributed by atoms with Crippen molar-refractivity contribution in [1.29, 1.82) is 0 Å². The third kappa shape index (κ3) is 6.91. The summed E-state index contributed by atoms with van der Waals surface area (Å²) in [6.45, 7) is 2.51. The number of nitrogens with one attached hydrogen (secondary N) is 2. The highest BCUT2D eigenvalue weighted by Crippen LogP contribution is 2.25. The Balaban J connectivity index is 1.30. The van der Waals surface area contributed by atoms with Crippen molar-refractivity contribution in [3.05, 3.63) is 83.9 Å². The number of ether oxygens (including phenoxy) is 1. The van der Waals surface area contributed by atoms with Crippen molar-refractivity contribution in [3.8, 4) is 5.75 Å². The number of hydrogen-bond donors (Lipinski definition) is 2. The zero-order valence-electron chi connectivity index (χ0n) is 21.3. The van der Waals surface area contributed by atoms with E-state index in [1.807, 2.05) is 31.2 Å². The fraction of sp³-hybridized carbons (Fsp3) is 0.296. The number of piperidine rings is 1. The Morgan fingerprint density at radius 2 is 1.45 bits per heavy atom. The molecule has 1 fully saturated rings. The topological polar surface area (TPSA) is 122 Å². The first-order chi connectivity index (χ1) is 18.1. The summed E-state index contributed by atoms with van der Waals surface area (Å²) in [6, 6.07) is 19.8. The lowest BCUT2D eigenvalue weighted by atomic mass is 9.97. The monoisotopic (exact) mass is 557 g/mol. The number of aryl methyl sites for hydroxylation is 1. The predicted octanol–water partition coefficient (Wildman–Crippen LogP) is 3.98. The molecule has 3 aromatic carbocycles. The number of carbonyl (C=O) groups excluding carboxylic acids is 1. The maximum atomic E-state index is 12.8. The van der Waals surface area contributed by atoms with Crippen LogP contribution in [0.5, 0.6) is 5.75 Å². The van der Waals surface area contributed by atoms with Crippen LogP contribution in [-0.2, 0) is 30.6 Å². The summed E-state index contributed by atoms with van der Waals surface area (Å²) in [5, 5.41) is 2.82. The number of sulfonamides is 2. The van der Waals surface area contributed by atoms with E-state index in [-0.39, 0.29) is 35.6 Å². The van der Waals surface area contributed by atoms with Crippen molar-refractivity contribution < 1.29 is 26.4 Å². The Hall–Kier alpha value is -3.41. The number of amides is 1. The van der Waals surface area contributed by atoms with Crippen LogP contribution in [0.2, 0.25) is 0 Å². The lowest BCUT2D eigenvalue weighted by Crippen LogP contribution is -2.41. The van der Waals surface area contributed by atoms with Gasteiger partial charge in [0.2, 0.25) is 15.9 Å². The number of hydrogen-bond acceptors (Lipinski definition) is 6. The molecule has 0 unspecified atom stereocenters. The van der Waals surface area contributed by atoms with Crippen LogP contribution in [0.15, 0.2) is 77.7 Å². The minimum absolute atomic E-state index is 0.0541. The largest absolute Gasteiger partial charge is 0.497 e. The van der Waals surface area contributed by atoms with Crippen molar-refractivity contribution in [2.75, 3.05) is 30.2 Å². The summed E-state index contributed by atoms with van der Waals surface area (Å²) >= 11 is 0. The van der Waals surface area contributed by atoms with Crippen LogP contribution in [0.4, 0.5) is 11.4 Å². The first-order valence-corrected chi connectivity index (χ1v) is 15.3. The molecule has 0 radical (unpaired) electrons. The van der Waals surface area contributed by atoms with E-state index in [0.29, 0.717) is 30.0 Å². The standard InChI is InChI=1S/C27H31N3O6S2/c1-20-3-5-21(6-4-20)19-37(32,33)30-17-15-22(16-18-30)27(31)28-23-9-13-26(14-10-23)38(34,35)29-24-7-11-25(36-2)12-8-24/h3-14,22,29H,15-19H2,1-2H3,(H,28,31). The minimum atomic E-state index is -3.81. The lowest BCUT2D eigenvalue weighted by Gasteiger charge is -2.30. The maximum absolute atomic E-state index is 12.8. The van der Waals surface area contributed by atoms with Gasteiger partial charge in [-0.1, -0.05) is 29.8 Å². The molecule has 4 rings (SSSR count). The van der Waals surface area contributed by atoms with E-state index in [1.54, 1.807) is 24.3 Å². The van der Waals surface area contributed by atoms with Crippen molar-refractivity contribution in [1.82, 2.24) is 4.31 Å². The van der Waals surface area contributed by atoms with Crippen LogP contribution < -0.4 is 14.8 Å². The van der Waals surface area contributed by atoms with E-state index in [0.717, 1.165) is 11.1 Å². The predicted molar refractivity (Wildman–Crippen MR) is 147 cm³/mol. The van der Waals surface area contributed by atoms with Crippen LogP contribution in [-0.4, -0.2) is 47.2 Å². The van der Waals surface area contributed by atoms with Crippen LogP contribution >= 0.6 is 0 Å². The molecule has 38 heavy (non-hydrogen) atoms. The molecule has 0 atom stereocenters. The van der Waals surface area contributed by atoms with Gasteiger partial charge in [0.15, 0.2) is 0 Å². The molecular weight excluding hydrogens is 526 g/mol. The Labute approximate surface area is 223 Å². The highest BCUT2D eigenvalue weighted by Gasteiger charge is 2.31. The molecule has 1 heterocycles. The van der Waals surface area contributed by atoms with Gasteiger partial charge in [-0.2, -0.15) is 0 Å². The van der Waals surface area contributed by atoms with E-state index in [4.69, 9.17) is 4.74 Å². The molecule has 1 amide bonds. The summed E-state index contributed by atoms with van der Waals surface area (Å²) < 4.78 is 60.1. The molecule has 0 spiro atoms. The number of benzene rings is 3. The summed E-state index contributed by atoms with van der Waals surface area (Å²) in [7, 11) is -5.75. The molecule has 202 valence electrons. The molecule has 2 N–H and O–H groups in total. The van der Waals surface area contributed by atoms with Gasteiger partial charge in [-0.05, 0) is 73.9 Å². The van der Waals surface area contributed by atoms with Gasteiger partial charge in [-0.3, -0.25) is 9.52 Å². The van der Waals surface area contributed by atoms with Crippen LogP contribution in [0.1, 0.15) is 24.0 Å². The molecular formula is C27H31N3O6S2. The van der Waals surface area contributed by atoms with Gasteiger partial charge in [0.25, 0.3) is 10.0 Å². The van der Waals surface area contributed by atoms with Crippen LogP contribution in [0.25, 0.3) is 0 Å². The SMILES string of the molecule is COc1ccc(NS(=O)(=O)c2ccc(NC(=O)C3CCN(S(=O)(=O)Cc4ccc(C)cc4)CC3)cc2)cc1. The van der Waals surface area contributed by atoms with Crippen LogP contribution in [0, 0.1) is 12.8 Å². The molecule has 3 aromatic rings. The minimum Gasteiger partial charge on any atom is -0.497 e. The fourth-order valence-corrected chi connectivity index (χ4v) is 6.84. The zero-order valence-corrected chi connectivity index (χ0v) is 22.9. The molecule has 0 aromatic heterocycles. The average Bonchev–Trinajstić information content (AvgIpc) is 2.90. The zero-order chi connectivity index (χ0) is 27.3. The van der Waals surface area contributed by atoms with Gasteiger partial charge in [0, 0.05) is 30.4 Å². The summed E-state index contributed by atoms with van der Waals surface area (Å²) in [6.07, 6.45) is 0.828. The number of carbonyl (C=O) groups is 1. The number of methoxy groups -OCH3 is 1. The quantitative estimate of drug-likeness (QED) is 0.410. The Kier molecular flexibility index (Phi) is 8.39. The van der Waals surface area contributed by atoms with E-state index in [1.165, 1.54) is 35.7 Å². The number of nitrogens with zero attached hydrogens (tertiary/aromatic N) is 1. The molecule has 11 heteroatoms. The van der Waals surface area contributed by atoms with Crippen LogP contribution in [0.3, 0.4) is 0 Å². The van der Waals surface area contributed by atoms with E-state index >= 15 is 0 Å². The first kappa shape index (κ1) is 27.6. The Bertz CT molecular complexity index is 1460. The average molecular weight is 558 g/mol. The van der Waals surface area contributed by atoms with Crippen molar-refractivity contribution in [3.63, 3.8) is 0 Å². The van der Waals surface area contributed by atoms with E-state index < -0.39 is 20.0 Å². The van der Waals surface area contributed by atoms with Crippen molar-refractivity contribution in [2.24, 2.45) is 5.92 Å². The second-order valence-corrected chi connectivity index (χ2v) is 12.9. The van der Waals surface area contributed by atoms with Gasteiger partial charge < -0.3 is 10.1 Å². The highest BCUT2D eigenvalue weighted by atomic mass is 32.2. The number of anilines is 2. The van der Waals surface area contributed by atoms with Gasteiger partial charge in [-0.15, -0.1) is 0 Å². The highest BCUT2D eigenvalue weighted by molar-refractivity contribution is 7.92. The summed E-state index contributed by atoms with van der Waals surface area (Å²) in [4.78, 5) is 12.9. The Morgan fingerprint density at radius 1 is 0.868 bits per heavy atom. The van der Waals surface area contributed by atoms with Crippen molar-refractivity contribution in [2.45, 2.75) is 30.4 Å². The molecule has 9 nitrogen and oxygen atoms in total. The molecule has 0 saturated carbocycles. The first-order valence-electron chi connectivity index (χ1n) is 12.2. The second kappa shape index (κ2) is 11.5. The molecule has 1 saturated heterocycles. The van der Waals surface area contributed by atoms with Gasteiger partial charge in [0.1, 0.15) is 5.75 Å².